The van der Waals surface area contributed by atoms with E-state index in [1.54, 1.807) is 6.07 Å². The third-order valence-electron chi connectivity index (χ3n) is 4.96. The number of aromatic nitrogens is 1. The smallest absolute Gasteiger partial charge is 0.290 e. The number of rotatable bonds is 3. The molecule has 0 aliphatic carbocycles. The average Bonchev–Trinajstić information content (AvgIpc) is 3.22. The van der Waals surface area contributed by atoms with E-state index in [2.05, 4.69) is 27.3 Å². The lowest BCUT2D eigenvalue weighted by Gasteiger charge is -2.34. The quantitative estimate of drug-likeness (QED) is 0.925. The summed E-state index contributed by atoms with van der Waals surface area (Å²) in [6.45, 7) is 4.17. The van der Waals surface area contributed by atoms with Crippen molar-refractivity contribution in [3.05, 3.63) is 42.2 Å². The van der Waals surface area contributed by atoms with Gasteiger partial charge >= 0.3 is 0 Å². The van der Waals surface area contributed by atoms with Gasteiger partial charge in [-0.1, -0.05) is 35.5 Å². The zero-order chi connectivity index (χ0) is 16.5. The first-order chi connectivity index (χ1) is 11.7. The third kappa shape index (κ3) is 3.07. The molecule has 4 rings (SSSR count). The van der Waals surface area contributed by atoms with Crippen molar-refractivity contribution in [2.24, 2.45) is 0 Å². The standard InChI is InChI=1S/C18H22N4O2/c1-21-7-8-22-11-14(9-15(22)12-21)19-18(23)17-10-16(20-24-17)13-5-3-2-4-6-13/h2-6,10,14-15H,7-9,11-12H2,1H3,(H,19,23)/t14-,15-/m0/s1. The van der Waals surface area contributed by atoms with E-state index >= 15 is 0 Å². The number of hydrogen-bond acceptors (Lipinski definition) is 5. The lowest BCUT2D eigenvalue weighted by Crippen LogP contribution is -2.48. The number of likely N-dealkylation sites (N-methyl/N-ethyl adjacent to an activating group) is 1. The molecule has 6 heteroatoms. The van der Waals surface area contributed by atoms with Crippen molar-refractivity contribution >= 4 is 5.91 Å². The maximum atomic E-state index is 12.4. The van der Waals surface area contributed by atoms with E-state index in [0.717, 1.165) is 38.2 Å². The summed E-state index contributed by atoms with van der Waals surface area (Å²) in [5.74, 6) is 0.0960. The molecule has 1 amide bonds. The molecule has 2 aliphatic heterocycles. The highest BCUT2D eigenvalue weighted by atomic mass is 16.5. The number of carbonyl (C=O) groups excluding carboxylic acids is 1. The predicted octanol–water partition coefficient (Wildman–Crippen LogP) is 1.46. The van der Waals surface area contributed by atoms with Crippen LogP contribution in [0.4, 0.5) is 0 Å². The van der Waals surface area contributed by atoms with E-state index in [9.17, 15) is 4.79 Å². The molecule has 0 radical (unpaired) electrons. The predicted molar refractivity (Wildman–Crippen MR) is 90.7 cm³/mol. The molecule has 2 fully saturated rings. The van der Waals surface area contributed by atoms with Crippen molar-refractivity contribution in [2.45, 2.75) is 18.5 Å². The summed E-state index contributed by atoms with van der Waals surface area (Å²) >= 11 is 0. The zero-order valence-electron chi connectivity index (χ0n) is 13.8. The second-order valence-electron chi connectivity index (χ2n) is 6.76. The Kier molecular flexibility index (Phi) is 4.08. The van der Waals surface area contributed by atoms with Crippen LogP contribution < -0.4 is 5.32 Å². The number of hydrogen-bond donors (Lipinski definition) is 1. The van der Waals surface area contributed by atoms with Gasteiger partial charge in [-0.2, -0.15) is 0 Å². The molecule has 1 aromatic heterocycles. The Hall–Kier alpha value is -2.18. The first-order valence-corrected chi connectivity index (χ1v) is 8.44. The van der Waals surface area contributed by atoms with Gasteiger partial charge in [-0.15, -0.1) is 0 Å². The fourth-order valence-corrected chi connectivity index (χ4v) is 3.69. The number of piperazine rings is 1. The summed E-state index contributed by atoms with van der Waals surface area (Å²) in [5, 5.41) is 7.11. The molecule has 0 bridgehead atoms. The monoisotopic (exact) mass is 326 g/mol. The number of fused-ring (bicyclic) bond motifs is 1. The highest BCUT2D eigenvalue weighted by Crippen LogP contribution is 2.22. The van der Waals surface area contributed by atoms with E-state index in [1.807, 2.05) is 30.3 Å². The Morgan fingerprint density at radius 2 is 2.08 bits per heavy atom. The summed E-state index contributed by atoms with van der Waals surface area (Å²) in [5.41, 5.74) is 1.63. The molecule has 0 unspecified atom stereocenters. The minimum absolute atomic E-state index is 0.178. The van der Waals surface area contributed by atoms with Crippen molar-refractivity contribution in [2.75, 3.05) is 33.2 Å². The first kappa shape index (κ1) is 15.4. The molecule has 1 N–H and O–H groups in total. The normalized spacial score (nSPS) is 24.7. The molecule has 0 saturated carbocycles. The molecule has 126 valence electrons. The molecule has 0 spiro atoms. The molecule has 3 heterocycles. The second-order valence-corrected chi connectivity index (χ2v) is 6.76. The summed E-state index contributed by atoms with van der Waals surface area (Å²) in [4.78, 5) is 17.3. The minimum Gasteiger partial charge on any atom is -0.350 e. The maximum Gasteiger partial charge on any atom is 0.290 e. The third-order valence-corrected chi connectivity index (χ3v) is 4.96. The SMILES string of the molecule is CN1CCN2C[C@@H](NC(=O)c3cc(-c4ccccc4)no3)C[C@H]2C1. The first-order valence-electron chi connectivity index (χ1n) is 8.44. The molecule has 2 atom stereocenters. The molecular weight excluding hydrogens is 304 g/mol. The van der Waals surface area contributed by atoms with Crippen LogP contribution >= 0.6 is 0 Å². The zero-order valence-corrected chi connectivity index (χ0v) is 13.8. The molecule has 6 nitrogen and oxygen atoms in total. The van der Waals surface area contributed by atoms with Gasteiger partial charge in [-0.25, -0.2) is 0 Å². The fourth-order valence-electron chi connectivity index (χ4n) is 3.69. The van der Waals surface area contributed by atoms with E-state index < -0.39 is 0 Å². The van der Waals surface area contributed by atoms with Gasteiger partial charge in [0, 0.05) is 49.9 Å². The van der Waals surface area contributed by atoms with Crippen molar-refractivity contribution < 1.29 is 9.32 Å². The molecule has 1 aromatic carbocycles. The van der Waals surface area contributed by atoms with Gasteiger partial charge in [-0.3, -0.25) is 9.69 Å². The number of nitrogens with zero attached hydrogens (tertiary/aromatic N) is 3. The lowest BCUT2D eigenvalue weighted by molar-refractivity contribution is 0.0899. The van der Waals surface area contributed by atoms with Crippen molar-refractivity contribution in [1.82, 2.24) is 20.3 Å². The Bertz CT molecular complexity index is 715. The van der Waals surface area contributed by atoms with Gasteiger partial charge in [0.05, 0.1) is 0 Å². The molecule has 2 aromatic rings. The van der Waals surface area contributed by atoms with E-state index in [-0.39, 0.29) is 17.7 Å². The Morgan fingerprint density at radius 1 is 1.25 bits per heavy atom. The van der Waals surface area contributed by atoms with Crippen molar-refractivity contribution in [3.63, 3.8) is 0 Å². The summed E-state index contributed by atoms with van der Waals surface area (Å²) in [6, 6.07) is 12.2. The maximum absolute atomic E-state index is 12.4. The van der Waals surface area contributed by atoms with Gasteiger partial charge in [0.1, 0.15) is 5.69 Å². The second kappa shape index (κ2) is 6.37. The van der Waals surface area contributed by atoms with Crippen LogP contribution in [0.3, 0.4) is 0 Å². The van der Waals surface area contributed by atoms with Crippen LogP contribution in [0, 0.1) is 0 Å². The Morgan fingerprint density at radius 3 is 2.92 bits per heavy atom. The van der Waals surface area contributed by atoms with Gasteiger partial charge in [0.25, 0.3) is 5.91 Å². The topological polar surface area (TPSA) is 61.6 Å². The Labute approximate surface area is 141 Å². The van der Waals surface area contributed by atoms with E-state index in [4.69, 9.17) is 4.52 Å². The van der Waals surface area contributed by atoms with Crippen LogP contribution in [-0.2, 0) is 0 Å². The van der Waals surface area contributed by atoms with Crippen molar-refractivity contribution in [1.29, 1.82) is 0 Å². The Balaban J connectivity index is 1.40. The molecule has 24 heavy (non-hydrogen) atoms. The fraction of sp³-hybridized carbons (Fsp3) is 0.444. The number of amides is 1. The van der Waals surface area contributed by atoms with Gasteiger partial charge < -0.3 is 14.7 Å². The van der Waals surface area contributed by atoms with Gasteiger partial charge in [-0.05, 0) is 13.5 Å². The molecule has 2 aliphatic rings. The summed E-state index contributed by atoms with van der Waals surface area (Å²) in [7, 11) is 2.16. The van der Waals surface area contributed by atoms with Crippen LogP contribution in [0.25, 0.3) is 11.3 Å². The van der Waals surface area contributed by atoms with Gasteiger partial charge in [0.2, 0.25) is 5.76 Å². The van der Waals surface area contributed by atoms with Crippen molar-refractivity contribution in [3.8, 4) is 11.3 Å². The van der Waals surface area contributed by atoms with Crippen LogP contribution in [-0.4, -0.2) is 66.2 Å². The van der Waals surface area contributed by atoms with Gasteiger partial charge in [0.15, 0.2) is 0 Å². The number of benzene rings is 1. The van der Waals surface area contributed by atoms with Crippen LogP contribution in [0.15, 0.2) is 40.9 Å². The molecule has 2 saturated heterocycles. The van der Waals surface area contributed by atoms with E-state index in [0.29, 0.717) is 11.7 Å². The lowest BCUT2D eigenvalue weighted by atomic mass is 10.1. The number of nitrogens with one attached hydrogen (secondary N) is 1. The highest BCUT2D eigenvalue weighted by Gasteiger charge is 2.36. The summed E-state index contributed by atoms with van der Waals surface area (Å²) in [6.07, 6.45) is 0.996. The minimum atomic E-state index is -0.178. The molecular formula is C18H22N4O2. The van der Waals surface area contributed by atoms with Crippen LogP contribution in [0.5, 0.6) is 0 Å². The number of carbonyl (C=O) groups is 1. The summed E-state index contributed by atoms with van der Waals surface area (Å²) < 4.78 is 5.24. The average molecular weight is 326 g/mol. The van der Waals surface area contributed by atoms with Crippen LogP contribution in [0.1, 0.15) is 17.0 Å². The largest absolute Gasteiger partial charge is 0.350 e. The highest BCUT2D eigenvalue weighted by molar-refractivity contribution is 5.92. The van der Waals surface area contributed by atoms with E-state index in [1.165, 1.54) is 0 Å². The van der Waals surface area contributed by atoms with Crippen LogP contribution in [0.2, 0.25) is 0 Å².